The Balaban J connectivity index is 1.16. The Hall–Kier alpha value is -4.04. The molecule has 2 aliphatic carbocycles. The second-order valence-corrected chi connectivity index (χ2v) is 16.4. The number of hydrogen-bond acceptors (Lipinski definition) is 17. The van der Waals surface area contributed by atoms with Crippen LogP contribution in [0.15, 0.2) is 18.2 Å². The van der Waals surface area contributed by atoms with Crippen LogP contribution < -0.4 is 0 Å². The van der Waals surface area contributed by atoms with Crippen LogP contribution in [0.3, 0.4) is 0 Å². The minimum atomic E-state index is -1.93. The molecular formula is C42H53NO16. The number of esters is 1. The van der Waals surface area contributed by atoms with E-state index >= 15 is 0 Å². The highest BCUT2D eigenvalue weighted by atomic mass is 16.7. The molecule has 17 heteroatoms. The molecule has 0 spiro atoms. The topological polar surface area (TPSA) is 237 Å². The quantitative estimate of drug-likeness (QED) is 0.154. The Morgan fingerprint density at radius 1 is 0.847 bits per heavy atom. The monoisotopic (exact) mass is 827 g/mol. The lowest BCUT2D eigenvalue weighted by Gasteiger charge is -2.48. The Morgan fingerprint density at radius 3 is 2.10 bits per heavy atom. The number of rotatable bonds is 9. The lowest BCUT2D eigenvalue weighted by molar-refractivity contribution is -0.324. The molecule has 0 aromatic heterocycles. The van der Waals surface area contributed by atoms with Gasteiger partial charge in [-0.05, 0) is 47.4 Å². The Bertz CT molecular complexity index is 1990. The van der Waals surface area contributed by atoms with Crippen LogP contribution in [0.5, 0.6) is 17.2 Å². The molecule has 322 valence electrons. The highest BCUT2D eigenvalue weighted by molar-refractivity contribution is 6.31. The van der Waals surface area contributed by atoms with Crippen molar-refractivity contribution in [2.24, 2.45) is 0 Å². The molecule has 0 amide bonds. The highest BCUT2D eigenvalue weighted by Gasteiger charge is 2.55. The molecule has 5 N–H and O–H groups in total. The zero-order valence-electron chi connectivity index (χ0n) is 34.1. The number of phenolic OH excluding ortho intramolecular Hbond substituents is 3. The van der Waals surface area contributed by atoms with Crippen molar-refractivity contribution in [3.63, 3.8) is 0 Å². The van der Waals surface area contributed by atoms with Crippen LogP contribution in [0.1, 0.15) is 121 Å². The lowest BCUT2D eigenvalue weighted by atomic mass is 9.66. The second kappa shape index (κ2) is 16.4. The molecule has 13 atom stereocenters. The highest BCUT2D eigenvalue weighted by Crippen LogP contribution is 2.57. The van der Waals surface area contributed by atoms with Gasteiger partial charge >= 0.3 is 5.97 Å². The summed E-state index contributed by atoms with van der Waals surface area (Å²) in [7, 11) is 4.78. The van der Waals surface area contributed by atoms with Crippen molar-refractivity contribution in [2.75, 3.05) is 21.2 Å². The summed E-state index contributed by atoms with van der Waals surface area (Å²) in [4.78, 5) is 55.1. The fourth-order valence-electron chi connectivity index (χ4n) is 9.36. The number of benzene rings is 2. The summed E-state index contributed by atoms with van der Waals surface area (Å²) in [5.41, 5.74) is -4.19. The van der Waals surface area contributed by atoms with E-state index < -0.39 is 119 Å². The summed E-state index contributed by atoms with van der Waals surface area (Å²) in [6.07, 6.45) is -7.45. The lowest BCUT2D eigenvalue weighted by Crippen LogP contribution is -2.58. The number of aliphatic hydroxyl groups excluding tert-OH is 1. The van der Waals surface area contributed by atoms with E-state index in [4.69, 9.17) is 33.2 Å². The summed E-state index contributed by atoms with van der Waals surface area (Å²) in [5, 5.41) is 57.8. The van der Waals surface area contributed by atoms with E-state index in [9.17, 15) is 44.7 Å². The zero-order chi connectivity index (χ0) is 42.8. The third-order valence-electron chi connectivity index (χ3n) is 12.5. The van der Waals surface area contributed by atoms with Crippen LogP contribution in [0, 0.1) is 0 Å². The van der Waals surface area contributed by atoms with Gasteiger partial charge in [0.05, 0.1) is 53.8 Å². The summed E-state index contributed by atoms with van der Waals surface area (Å²) in [6, 6.07) is 3.49. The first-order valence-corrected chi connectivity index (χ1v) is 20.0. The molecule has 0 unspecified atom stereocenters. The van der Waals surface area contributed by atoms with Crippen LogP contribution in [0.4, 0.5) is 0 Å². The molecule has 0 saturated carbocycles. The van der Waals surface area contributed by atoms with Crippen LogP contribution in [0.25, 0.3) is 0 Å². The van der Waals surface area contributed by atoms with Crippen molar-refractivity contribution in [3.05, 3.63) is 51.6 Å². The van der Waals surface area contributed by atoms with Crippen molar-refractivity contribution in [1.82, 2.24) is 4.90 Å². The van der Waals surface area contributed by atoms with Crippen LogP contribution in [-0.2, 0) is 42.7 Å². The number of phenols is 3. The Morgan fingerprint density at radius 2 is 1.47 bits per heavy atom. The molecule has 17 nitrogen and oxygen atoms in total. The van der Waals surface area contributed by atoms with E-state index in [1.165, 1.54) is 18.2 Å². The largest absolute Gasteiger partial charge is 0.507 e. The van der Waals surface area contributed by atoms with Crippen LogP contribution in [0.2, 0.25) is 0 Å². The maximum atomic E-state index is 14.0. The normalized spacial score (nSPS) is 35.9. The van der Waals surface area contributed by atoms with Gasteiger partial charge < -0.3 is 63.6 Å². The number of methoxy groups -OCH3 is 1. The number of ether oxygens (including phenoxy) is 7. The summed E-state index contributed by atoms with van der Waals surface area (Å²) < 4.78 is 42.4. The van der Waals surface area contributed by atoms with E-state index in [-0.39, 0.29) is 59.8 Å². The van der Waals surface area contributed by atoms with Crippen LogP contribution >= 0.6 is 0 Å². The standard InChI is InChI=1S/C42H53NO16/c1-8-42(52)16-25(30-31(34(42)41(51)53-7)38(50)32-33(37(30)49)36(48)29-20(35(32)47)10-9-11-23(29)45)57-27-14-21(43(5)6)39(18(3)55-27)59-28-15-24(46)40(19(4)56-28)58-26-13-12-22(44)17(2)54-26/h9-11,17-19,21,24-28,34,39-40,45-46,49-50,52H,8,12-16H2,1-7H3/t17-,18-,19-,21+,24+,25-,26+,27-,28+,34-,39+,40-,42+/m0/s1. The maximum Gasteiger partial charge on any atom is 0.316 e. The average molecular weight is 828 g/mol. The Labute approximate surface area is 341 Å². The molecule has 3 fully saturated rings. The number of carbonyl (C=O) groups excluding carboxylic acids is 4. The summed E-state index contributed by atoms with van der Waals surface area (Å²) in [6.45, 7) is 6.82. The predicted molar refractivity (Wildman–Crippen MR) is 203 cm³/mol. The molecule has 5 aliphatic rings. The third-order valence-corrected chi connectivity index (χ3v) is 12.5. The van der Waals surface area contributed by atoms with Gasteiger partial charge in [0.25, 0.3) is 0 Å². The van der Waals surface area contributed by atoms with E-state index in [1.54, 1.807) is 27.7 Å². The molecule has 2 aromatic carbocycles. The molecule has 7 rings (SSSR count). The van der Waals surface area contributed by atoms with Crippen molar-refractivity contribution in [2.45, 2.75) is 145 Å². The minimum Gasteiger partial charge on any atom is -0.507 e. The summed E-state index contributed by atoms with van der Waals surface area (Å²) in [5.74, 6) is -6.43. The zero-order valence-corrected chi connectivity index (χ0v) is 34.1. The molecule has 59 heavy (non-hydrogen) atoms. The number of likely N-dealkylation sites (N-methyl/N-ethyl adjacent to an activating group) is 1. The first kappa shape index (κ1) is 43.1. The van der Waals surface area contributed by atoms with Gasteiger partial charge in [0.1, 0.15) is 41.5 Å². The first-order valence-electron chi connectivity index (χ1n) is 20.0. The fourth-order valence-corrected chi connectivity index (χ4v) is 9.36. The first-order chi connectivity index (χ1) is 27.9. The number of carbonyl (C=O) groups is 4. The van der Waals surface area contributed by atoms with E-state index in [0.29, 0.717) is 12.8 Å². The van der Waals surface area contributed by atoms with Gasteiger partial charge in [0, 0.05) is 54.8 Å². The van der Waals surface area contributed by atoms with Gasteiger partial charge in [-0.25, -0.2) is 0 Å². The van der Waals surface area contributed by atoms with Gasteiger partial charge in [0.2, 0.25) is 5.78 Å². The summed E-state index contributed by atoms with van der Waals surface area (Å²) >= 11 is 0. The molecule has 3 aliphatic heterocycles. The molecular weight excluding hydrogens is 774 g/mol. The number of fused-ring (bicyclic) bond motifs is 3. The number of aliphatic hydroxyl groups is 2. The van der Waals surface area contributed by atoms with Gasteiger partial charge in [-0.3, -0.25) is 19.2 Å². The van der Waals surface area contributed by atoms with Gasteiger partial charge in [-0.2, -0.15) is 0 Å². The number of Topliss-reactive ketones (excluding diaryl/α,β-unsaturated/α-hetero) is 1. The van der Waals surface area contributed by atoms with E-state index in [2.05, 4.69) is 0 Å². The number of nitrogens with zero attached hydrogens (tertiary/aromatic N) is 1. The maximum absolute atomic E-state index is 14.0. The number of hydrogen-bond donors (Lipinski definition) is 5. The SMILES string of the molecule is CC[C@@]1(O)C[C@H](O[C@H]2C[C@@H](N(C)C)[C@H](O[C@@H]3C[C@@H](O)[C@@H](O[C@@H]4CCC(=O)[C@H](C)O4)[C@H](C)O3)[C@H](C)O2)c2c(O)c3c(c(O)c2[C@H]1C(=O)OC)C(=O)c1cccc(O)c1C3=O. The molecule has 0 radical (unpaired) electrons. The van der Waals surface area contributed by atoms with E-state index in [0.717, 1.165) is 7.11 Å². The Kier molecular flexibility index (Phi) is 12.0. The minimum absolute atomic E-state index is 0.00418. The van der Waals surface area contributed by atoms with Crippen molar-refractivity contribution in [1.29, 1.82) is 0 Å². The van der Waals surface area contributed by atoms with Gasteiger partial charge in [0.15, 0.2) is 30.4 Å². The molecule has 0 bridgehead atoms. The fraction of sp³-hybridized carbons (Fsp3) is 0.619. The third kappa shape index (κ3) is 7.54. The number of aromatic hydroxyl groups is 3. The van der Waals surface area contributed by atoms with Gasteiger partial charge in [-0.1, -0.05) is 19.1 Å². The molecule has 3 heterocycles. The number of ketones is 3. The predicted octanol–water partition coefficient (Wildman–Crippen LogP) is 2.86. The molecule has 2 aromatic rings. The van der Waals surface area contributed by atoms with E-state index in [1.807, 2.05) is 19.0 Å². The average Bonchev–Trinajstić information content (AvgIpc) is 3.18. The van der Waals surface area contributed by atoms with Crippen molar-refractivity contribution < 1.29 is 77.9 Å². The van der Waals surface area contributed by atoms with Crippen molar-refractivity contribution >= 4 is 23.3 Å². The van der Waals surface area contributed by atoms with Crippen LogP contribution in [-0.4, -0.2) is 142 Å². The van der Waals surface area contributed by atoms with Crippen molar-refractivity contribution in [3.8, 4) is 17.2 Å². The second-order valence-electron chi connectivity index (χ2n) is 16.4. The smallest absolute Gasteiger partial charge is 0.316 e. The van der Waals surface area contributed by atoms with Gasteiger partial charge in [-0.15, -0.1) is 0 Å². The molecule has 3 saturated heterocycles.